The molecule has 0 atom stereocenters. The van der Waals surface area contributed by atoms with Crippen LogP contribution in [0.4, 0.5) is 11.4 Å². The summed E-state index contributed by atoms with van der Waals surface area (Å²) in [5.74, 6) is 1.26. The second-order valence-electron chi connectivity index (χ2n) is 14.0. The monoisotopic (exact) mass is 748 g/mol. The molecule has 0 radical (unpaired) electrons. The SMILES string of the molecule is CCCCCCCCCCOc1ccc(C=Nc2ccc(C(=O)Oc3cccc(N=Cc4ccc(OCCCCCCCCCC)cc4O)c3)cc2)c(O)c1. The second-order valence-corrected chi connectivity index (χ2v) is 14.0. The van der Waals surface area contributed by atoms with Gasteiger partial charge in [0.25, 0.3) is 0 Å². The molecule has 294 valence electrons. The molecule has 8 heteroatoms. The van der Waals surface area contributed by atoms with Crippen LogP contribution < -0.4 is 14.2 Å². The molecule has 0 aromatic heterocycles. The highest BCUT2D eigenvalue weighted by Gasteiger charge is 2.10. The number of nitrogens with zero attached hydrogens (tertiary/aromatic N) is 2. The number of phenolic OH excluding ortho intramolecular Hbond substituents is 2. The van der Waals surface area contributed by atoms with Crippen LogP contribution in [-0.2, 0) is 0 Å². The van der Waals surface area contributed by atoms with Crippen molar-refractivity contribution < 1.29 is 29.2 Å². The average molecular weight is 749 g/mol. The zero-order chi connectivity index (χ0) is 38.9. The topological polar surface area (TPSA) is 110 Å². The number of carbonyl (C=O) groups is 1. The first-order valence-electron chi connectivity index (χ1n) is 20.4. The van der Waals surface area contributed by atoms with Crippen LogP contribution in [0.25, 0.3) is 0 Å². The lowest BCUT2D eigenvalue weighted by Crippen LogP contribution is -2.07. The van der Waals surface area contributed by atoms with Gasteiger partial charge in [0.2, 0.25) is 0 Å². The van der Waals surface area contributed by atoms with Crippen molar-refractivity contribution in [1.82, 2.24) is 0 Å². The van der Waals surface area contributed by atoms with Gasteiger partial charge in [-0.25, -0.2) is 4.79 Å². The first kappa shape index (κ1) is 42.6. The molecular formula is C47H60N2O6. The molecule has 0 amide bonds. The Bertz CT molecular complexity index is 1770. The fourth-order valence-corrected chi connectivity index (χ4v) is 6.06. The Balaban J connectivity index is 1.19. The fraction of sp³-hybridized carbons (Fsp3) is 0.426. The van der Waals surface area contributed by atoms with Crippen LogP contribution in [0.15, 0.2) is 94.9 Å². The molecule has 0 aliphatic rings. The maximum absolute atomic E-state index is 12.9. The van der Waals surface area contributed by atoms with Crippen molar-refractivity contribution in [2.75, 3.05) is 13.2 Å². The van der Waals surface area contributed by atoms with E-state index in [-0.39, 0.29) is 11.5 Å². The summed E-state index contributed by atoms with van der Waals surface area (Å²) in [6.07, 6.45) is 23.0. The molecule has 0 aliphatic heterocycles. The number of hydrogen-bond acceptors (Lipinski definition) is 8. The number of aliphatic imine (C=N–C) groups is 2. The van der Waals surface area contributed by atoms with E-state index < -0.39 is 5.97 Å². The third-order valence-electron chi connectivity index (χ3n) is 9.37. The van der Waals surface area contributed by atoms with Crippen molar-refractivity contribution in [3.05, 3.63) is 102 Å². The number of carbonyl (C=O) groups excluding carboxylic acids is 1. The predicted octanol–water partition coefficient (Wildman–Crippen LogP) is 12.9. The van der Waals surface area contributed by atoms with Gasteiger partial charge in [0.1, 0.15) is 28.7 Å². The summed E-state index contributed by atoms with van der Waals surface area (Å²) >= 11 is 0. The number of unbranched alkanes of at least 4 members (excludes halogenated alkanes) is 14. The second kappa shape index (κ2) is 25.1. The van der Waals surface area contributed by atoms with Crippen molar-refractivity contribution in [2.24, 2.45) is 9.98 Å². The van der Waals surface area contributed by atoms with Crippen LogP contribution in [0.1, 0.15) is 138 Å². The minimum absolute atomic E-state index is 0.0800. The van der Waals surface area contributed by atoms with Gasteiger partial charge >= 0.3 is 5.97 Å². The number of esters is 1. The first-order valence-corrected chi connectivity index (χ1v) is 20.4. The Morgan fingerprint density at radius 1 is 0.527 bits per heavy atom. The summed E-state index contributed by atoms with van der Waals surface area (Å²) in [6, 6.07) is 24.0. The van der Waals surface area contributed by atoms with Gasteiger partial charge in [-0.2, -0.15) is 0 Å². The van der Waals surface area contributed by atoms with E-state index in [9.17, 15) is 15.0 Å². The quantitative estimate of drug-likeness (QED) is 0.0286. The third-order valence-corrected chi connectivity index (χ3v) is 9.37. The van der Waals surface area contributed by atoms with Gasteiger partial charge in [-0.05, 0) is 73.5 Å². The molecule has 0 unspecified atom stereocenters. The molecule has 0 heterocycles. The van der Waals surface area contributed by atoms with E-state index >= 15 is 0 Å². The molecule has 0 spiro atoms. The largest absolute Gasteiger partial charge is 0.507 e. The lowest BCUT2D eigenvalue weighted by Gasteiger charge is -2.08. The molecule has 4 rings (SSSR count). The van der Waals surface area contributed by atoms with E-state index in [0.29, 0.717) is 58.5 Å². The van der Waals surface area contributed by atoms with E-state index in [1.54, 1.807) is 85.2 Å². The van der Waals surface area contributed by atoms with Gasteiger partial charge < -0.3 is 24.4 Å². The molecule has 2 N–H and O–H groups in total. The summed E-state index contributed by atoms with van der Waals surface area (Å²) in [5.41, 5.74) is 2.67. The van der Waals surface area contributed by atoms with Crippen LogP contribution in [0.2, 0.25) is 0 Å². The Kier molecular flexibility index (Phi) is 19.4. The number of benzene rings is 4. The van der Waals surface area contributed by atoms with Crippen LogP contribution in [0, 0.1) is 0 Å². The van der Waals surface area contributed by atoms with Crippen LogP contribution in [0.3, 0.4) is 0 Å². The molecule has 8 nitrogen and oxygen atoms in total. The molecular weight excluding hydrogens is 689 g/mol. The Hall–Kier alpha value is -5.11. The molecule has 0 fully saturated rings. The average Bonchev–Trinajstić information content (AvgIpc) is 3.19. The zero-order valence-electron chi connectivity index (χ0n) is 32.9. The van der Waals surface area contributed by atoms with E-state index in [1.807, 2.05) is 12.1 Å². The van der Waals surface area contributed by atoms with E-state index in [4.69, 9.17) is 14.2 Å². The van der Waals surface area contributed by atoms with Crippen LogP contribution >= 0.6 is 0 Å². The smallest absolute Gasteiger partial charge is 0.343 e. The Labute approximate surface area is 328 Å². The van der Waals surface area contributed by atoms with E-state index in [1.165, 1.54) is 77.0 Å². The van der Waals surface area contributed by atoms with Crippen molar-refractivity contribution in [1.29, 1.82) is 0 Å². The Morgan fingerprint density at radius 3 is 1.49 bits per heavy atom. The lowest BCUT2D eigenvalue weighted by molar-refractivity contribution is 0.0735. The van der Waals surface area contributed by atoms with E-state index in [0.717, 1.165) is 25.7 Å². The number of aromatic hydroxyl groups is 2. The third kappa shape index (κ3) is 16.4. The molecule has 4 aromatic carbocycles. The summed E-state index contributed by atoms with van der Waals surface area (Å²) in [4.78, 5) is 21.8. The van der Waals surface area contributed by atoms with Gasteiger partial charge in [0.05, 0.1) is 30.2 Å². The molecule has 0 aliphatic carbocycles. The van der Waals surface area contributed by atoms with Crippen molar-refractivity contribution >= 4 is 29.8 Å². The minimum Gasteiger partial charge on any atom is -0.507 e. The number of hydrogen-bond donors (Lipinski definition) is 2. The predicted molar refractivity (Wildman–Crippen MR) is 225 cm³/mol. The maximum Gasteiger partial charge on any atom is 0.343 e. The Morgan fingerprint density at radius 2 is 1.00 bits per heavy atom. The minimum atomic E-state index is -0.517. The van der Waals surface area contributed by atoms with Crippen molar-refractivity contribution in [2.45, 2.75) is 117 Å². The summed E-state index contributed by atoms with van der Waals surface area (Å²) in [5, 5.41) is 21.1. The summed E-state index contributed by atoms with van der Waals surface area (Å²) < 4.78 is 17.3. The standard InChI is InChI=1S/C47H60N2O6/c1-3-5-7-9-11-13-15-17-30-53-42-28-24-38(45(50)33-42)35-48-40-26-22-37(23-27-40)47(52)55-44-21-19-20-41(32-44)49-36-39-25-29-43(34-46(39)51)54-31-18-16-14-12-10-8-6-4-2/h19-29,32-36,50-51H,3-18,30-31H2,1-2H3. The number of ether oxygens (including phenoxy) is 3. The van der Waals surface area contributed by atoms with Crippen LogP contribution in [0.5, 0.6) is 28.7 Å². The number of phenols is 2. The molecule has 4 aromatic rings. The molecule has 55 heavy (non-hydrogen) atoms. The van der Waals surface area contributed by atoms with Gasteiger partial charge in [-0.15, -0.1) is 0 Å². The summed E-state index contributed by atoms with van der Waals surface area (Å²) in [7, 11) is 0. The molecule has 0 bridgehead atoms. The van der Waals surface area contributed by atoms with Gasteiger partial charge in [-0.3, -0.25) is 9.98 Å². The van der Waals surface area contributed by atoms with E-state index in [2.05, 4.69) is 23.8 Å². The van der Waals surface area contributed by atoms with Crippen LogP contribution in [-0.4, -0.2) is 41.8 Å². The summed E-state index contributed by atoms with van der Waals surface area (Å²) in [6.45, 7) is 5.73. The fourth-order valence-electron chi connectivity index (χ4n) is 6.06. The van der Waals surface area contributed by atoms with Gasteiger partial charge in [0.15, 0.2) is 0 Å². The lowest BCUT2D eigenvalue weighted by atomic mass is 10.1. The zero-order valence-corrected chi connectivity index (χ0v) is 32.9. The van der Waals surface area contributed by atoms with Gasteiger partial charge in [0, 0.05) is 41.8 Å². The van der Waals surface area contributed by atoms with Crippen molar-refractivity contribution in [3.63, 3.8) is 0 Å². The highest BCUT2D eigenvalue weighted by Crippen LogP contribution is 2.27. The van der Waals surface area contributed by atoms with Gasteiger partial charge in [-0.1, -0.05) is 110 Å². The molecule has 0 saturated carbocycles. The van der Waals surface area contributed by atoms with Crippen molar-refractivity contribution in [3.8, 4) is 28.7 Å². The maximum atomic E-state index is 12.9. The number of rotatable bonds is 26. The first-order chi connectivity index (χ1) is 26.9. The molecule has 0 saturated heterocycles. The highest BCUT2D eigenvalue weighted by atomic mass is 16.5. The highest BCUT2D eigenvalue weighted by molar-refractivity contribution is 5.92. The normalized spacial score (nSPS) is 11.4.